The van der Waals surface area contributed by atoms with Crippen LogP contribution in [0.5, 0.6) is 0 Å². The molecule has 9 nitrogen and oxygen atoms in total. The Morgan fingerprint density at radius 1 is 1.12 bits per heavy atom. The fraction of sp³-hybridized carbons (Fsp3) is 0.261. The number of hydrogen-bond donors (Lipinski definition) is 2. The second kappa shape index (κ2) is 9.45. The van der Waals surface area contributed by atoms with Crippen molar-refractivity contribution in [2.75, 3.05) is 5.75 Å². The van der Waals surface area contributed by atoms with Crippen LogP contribution in [0.15, 0.2) is 66.1 Å². The van der Waals surface area contributed by atoms with Crippen LogP contribution in [0.2, 0.25) is 0 Å². The maximum Gasteiger partial charge on any atom is 0.344 e. The molecule has 0 spiro atoms. The number of aryl methyl sites for hydroxylation is 2. The molecular formula is C23H24N6O3S. The van der Waals surface area contributed by atoms with E-state index in [9.17, 15) is 14.4 Å². The first-order valence-corrected chi connectivity index (χ1v) is 11.4. The Morgan fingerprint density at radius 2 is 1.85 bits per heavy atom. The molecule has 1 atom stereocenters. The molecule has 4 rings (SSSR count). The minimum Gasteiger partial charge on any atom is -0.322 e. The van der Waals surface area contributed by atoms with Gasteiger partial charge in [0.05, 0.1) is 11.4 Å². The Morgan fingerprint density at radius 3 is 2.61 bits per heavy atom. The van der Waals surface area contributed by atoms with E-state index in [1.807, 2.05) is 61.5 Å². The van der Waals surface area contributed by atoms with Crippen molar-refractivity contribution in [3.8, 4) is 5.69 Å². The van der Waals surface area contributed by atoms with Gasteiger partial charge in [-0.25, -0.2) is 4.79 Å². The molecule has 0 bridgehead atoms. The van der Waals surface area contributed by atoms with E-state index in [0.29, 0.717) is 18.0 Å². The summed E-state index contributed by atoms with van der Waals surface area (Å²) in [6.45, 7) is 3.64. The van der Waals surface area contributed by atoms with Gasteiger partial charge < -0.3 is 5.32 Å². The molecule has 1 aliphatic rings. The molecule has 2 aromatic carbocycles. The summed E-state index contributed by atoms with van der Waals surface area (Å²) in [5, 5.41) is 12.0. The lowest BCUT2D eigenvalue weighted by molar-refractivity contribution is -0.138. The summed E-state index contributed by atoms with van der Waals surface area (Å²) in [5.41, 5.74) is 4.35. The maximum atomic E-state index is 12.9. The Labute approximate surface area is 195 Å². The minimum atomic E-state index is -1.08. The predicted molar refractivity (Wildman–Crippen MR) is 124 cm³/mol. The van der Waals surface area contributed by atoms with Gasteiger partial charge in [-0.3, -0.25) is 19.6 Å². The summed E-state index contributed by atoms with van der Waals surface area (Å²) in [6.07, 6.45) is 2.62. The number of para-hydroxylation sites is 1. The zero-order chi connectivity index (χ0) is 23.4. The highest BCUT2D eigenvalue weighted by Crippen LogP contribution is 2.24. The number of thioether (sulfide) groups is 1. The first-order valence-electron chi connectivity index (χ1n) is 10.5. The number of rotatable bonds is 8. The number of carbonyl (C=O) groups excluding carboxylic acids is 3. The van der Waals surface area contributed by atoms with Crippen molar-refractivity contribution in [1.29, 1.82) is 0 Å². The number of hydrazine groups is 1. The molecule has 2 N–H and O–H groups in total. The average Bonchev–Trinajstić information content (AvgIpc) is 3.36. The standard InChI is InChI=1S/C23H24N6O3S/c1-16-8-6-7-11-18(16)28-15-24-26-22(28)33-14-19(30)27-29-20(31)23(2,25-21(29)32)13-12-17-9-4-3-5-10-17/h3-11,15H,12-14H2,1-2H3,(H,25,32)(H,27,30)/t23-/m0/s1. The molecule has 4 amide bonds. The van der Waals surface area contributed by atoms with Crippen LogP contribution in [0.3, 0.4) is 0 Å². The maximum absolute atomic E-state index is 12.9. The number of imide groups is 1. The topological polar surface area (TPSA) is 109 Å². The van der Waals surface area contributed by atoms with Crippen LogP contribution in [0.4, 0.5) is 4.79 Å². The van der Waals surface area contributed by atoms with E-state index in [1.165, 1.54) is 11.8 Å². The van der Waals surface area contributed by atoms with Gasteiger partial charge in [0, 0.05) is 0 Å². The SMILES string of the molecule is Cc1ccccc1-n1cnnc1SCC(=O)NN1C(=O)N[C@@](C)(CCc2ccccc2)C1=O. The van der Waals surface area contributed by atoms with Crippen molar-refractivity contribution < 1.29 is 14.4 Å². The fourth-order valence-electron chi connectivity index (χ4n) is 3.60. The largest absolute Gasteiger partial charge is 0.344 e. The molecule has 0 unspecified atom stereocenters. The van der Waals surface area contributed by atoms with Gasteiger partial charge >= 0.3 is 6.03 Å². The van der Waals surface area contributed by atoms with Crippen LogP contribution >= 0.6 is 11.8 Å². The summed E-state index contributed by atoms with van der Waals surface area (Å²) in [6, 6.07) is 16.8. The summed E-state index contributed by atoms with van der Waals surface area (Å²) in [7, 11) is 0. The Balaban J connectivity index is 1.35. The van der Waals surface area contributed by atoms with E-state index in [4.69, 9.17) is 0 Å². The van der Waals surface area contributed by atoms with E-state index >= 15 is 0 Å². The van der Waals surface area contributed by atoms with E-state index in [0.717, 1.165) is 21.8 Å². The van der Waals surface area contributed by atoms with Crippen molar-refractivity contribution in [2.24, 2.45) is 0 Å². The third-order valence-corrected chi connectivity index (χ3v) is 6.42. The van der Waals surface area contributed by atoms with Gasteiger partial charge in [-0.15, -0.1) is 10.2 Å². The highest BCUT2D eigenvalue weighted by Gasteiger charge is 2.48. The molecule has 0 aliphatic carbocycles. The summed E-state index contributed by atoms with van der Waals surface area (Å²) >= 11 is 1.17. The number of hydrogen-bond acceptors (Lipinski definition) is 6. The number of nitrogens with zero attached hydrogens (tertiary/aromatic N) is 4. The molecule has 170 valence electrons. The van der Waals surface area contributed by atoms with Crippen LogP contribution in [0.25, 0.3) is 5.69 Å². The third-order valence-electron chi connectivity index (χ3n) is 5.48. The Kier molecular flexibility index (Phi) is 6.45. The molecule has 33 heavy (non-hydrogen) atoms. The zero-order valence-corrected chi connectivity index (χ0v) is 19.1. The smallest absolute Gasteiger partial charge is 0.322 e. The van der Waals surface area contributed by atoms with Gasteiger partial charge in [0.2, 0.25) is 5.91 Å². The molecular weight excluding hydrogens is 440 g/mol. The number of nitrogens with one attached hydrogen (secondary N) is 2. The second-order valence-electron chi connectivity index (χ2n) is 7.98. The van der Waals surface area contributed by atoms with Crippen LogP contribution in [0.1, 0.15) is 24.5 Å². The minimum absolute atomic E-state index is 0.0393. The molecule has 0 saturated carbocycles. The van der Waals surface area contributed by atoms with Crippen molar-refractivity contribution in [1.82, 2.24) is 30.5 Å². The molecule has 1 fully saturated rings. The third kappa shape index (κ3) is 4.90. The molecule has 10 heteroatoms. The molecule has 3 aromatic rings. The fourth-order valence-corrected chi connectivity index (χ4v) is 4.32. The van der Waals surface area contributed by atoms with Gasteiger partial charge in [0.15, 0.2) is 5.16 Å². The normalized spacial score (nSPS) is 17.8. The lowest BCUT2D eigenvalue weighted by Gasteiger charge is -2.21. The first-order chi connectivity index (χ1) is 15.9. The quantitative estimate of drug-likeness (QED) is 0.392. The molecule has 1 saturated heterocycles. The van der Waals surface area contributed by atoms with E-state index in [1.54, 1.807) is 17.8 Å². The average molecular weight is 465 g/mol. The van der Waals surface area contributed by atoms with Crippen molar-refractivity contribution in [2.45, 2.75) is 37.4 Å². The van der Waals surface area contributed by atoms with Crippen LogP contribution in [0, 0.1) is 6.92 Å². The van der Waals surface area contributed by atoms with E-state index in [2.05, 4.69) is 20.9 Å². The summed E-state index contributed by atoms with van der Waals surface area (Å²) in [5.74, 6) is -1.01. The van der Waals surface area contributed by atoms with Gasteiger partial charge in [0.1, 0.15) is 11.9 Å². The highest BCUT2D eigenvalue weighted by molar-refractivity contribution is 7.99. The Bertz CT molecular complexity index is 1180. The van der Waals surface area contributed by atoms with Crippen LogP contribution in [-0.4, -0.2) is 48.9 Å². The second-order valence-corrected chi connectivity index (χ2v) is 8.92. The van der Waals surface area contributed by atoms with Gasteiger partial charge in [-0.05, 0) is 43.9 Å². The van der Waals surface area contributed by atoms with Crippen LogP contribution in [-0.2, 0) is 16.0 Å². The van der Waals surface area contributed by atoms with Crippen LogP contribution < -0.4 is 10.7 Å². The molecule has 2 heterocycles. The molecule has 0 radical (unpaired) electrons. The number of benzene rings is 2. The van der Waals surface area contributed by atoms with Gasteiger partial charge in [0.25, 0.3) is 5.91 Å². The van der Waals surface area contributed by atoms with Gasteiger partial charge in [-0.2, -0.15) is 5.01 Å². The first kappa shape index (κ1) is 22.5. The lowest BCUT2D eigenvalue weighted by Crippen LogP contribution is -2.49. The monoisotopic (exact) mass is 464 g/mol. The number of amides is 4. The Hall–Kier alpha value is -3.66. The number of aromatic nitrogens is 3. The van der Waals surface area contributed by atoms with E-state index in [-0.39, 0.29) is 5.75 Å². The summed E-state index contributed by atoms with van der Waals surface area (Å²) < 4.78 is 1.79. The van der Waals surface area contributed by atoms with Crippen molar-refractivity contribution in [3.63, 3.8) is 0 Å². The summed E-state index contributed by atoms with van der Waals surface area (Å²) in [4.78, 5) is 37.8. The number of carbonyl (C=O) groups is 3. The lowest BCUT2D eigenvalue weighted by atomic mass is 9.93. The highest BCUT2D eigenvalue weighted by atomic mass is 32.2. The van der Waals surface area contributed by atoms with Crippen molar-refractivity contribution in [3.05, 3.63) is 72.1 Å². The predicted octanol–water partition coefficient (Wildman–Crippen LogP) is 2.64. The van der Waals surface area contributed by atoms with Gasteiger partial charge in [-0.1, -0.05) is 60.3 Å². The molecule has 1 aromatic heterocycles. The number of urea groups is 1. The molecule has 1 aliphatic heterocycles. The zero-order valence-electron chi connectivity index (χ0n) is 18.3. The van der Waals surface area contributed by atoms with E-state index < -0.39 is 23.4 Å². The van der Waals surface area contributed by atoms with Crippen molar-refractivity contribution >= 4 is 29.6 Å².